The summed E-state index contributed by atoms with van der Waals surface area (Å²) < 4.78 is 23.9. The molecule has 1 saturated heterocycles. The van der Waals surface area contributed by atoms with Gasteiger partial charge in [-0.1, -0.05) is 6.07 Å². The highest BCUT2D eigenvalue weighted by atomic mass is 16.5. The lowest BCUT2D eigenvalue weighted by Crippen LogP contribution is -2.35. The second kappa shape index (κ2) is 8.36. The van der Waals surface area contributed by atoms with Gasteiger partial charge in [0, 0.05) is 18.4 Å². The van der Waals surface area contributed by atoms with Gasteiger partial charge in [-0.2, -0.15) is 5.26 Å². The highest BCUT2D eigenvalue weighted by molar-refractivity contribution is 5.57. The lowest BCUT2D eigenvalue weighted by molar-refractivity contribution is 0.0955. The number of fused-ring (bicyclic) bond motifs is 1. The smallest absolute Gasteiger partial charge is 0.258 e. The van der Waals surface area contributed by atoms with Crippen LogP contribution in [0.3, 0.4) is 0 Å². The Hall–Kier alpha value is -3.44. The normalized spacial score (nSPS) is 20.1. The Labute approximate surface area is 180 Å². The molecule has 0 radical (unpaired) electrons. The van der Waals surface area contributed by atoms with E-state index in [1.165, 1.54) is 7.11 Å². The number of pyridine rings is 1. The Morgan fingerprint density at radius 1 is 1.26 bits per heavy atom. The molecule has 31 heavy (non-hydrogen) atoms. The zero-order valence-electron chi connectivity index (χ0n) is 17.8. The van der Waals surface area contributed by atoms with E-state index in [0.29, 0.717) is 41.5 Å². The molecule has 2 aliphatic rings. The fourth-order valence-electron chi connectivity index (χ4n) is 4.27. The number of nitrogens with two attached hydrogens (primary N) is 1. The minimum atomic E-state index is -0.683. The summed E-state index contributed by atoms with van der Waals surface area (Å²) in [5.41, 5.74) is 7.86. The second-order valence-electron chi connectivity index (χ2n) is 7.65. The number of methoxy groups -OCH3 is 2. The average molecular weight is 423 g/mol. The molecular weight excluding hydrogens is 398 g/mol. The van der Waals surface area contributed by atoms with Gasteiger partial charge in [0.1, 0.15) is 17.4 Å². The first-order valence-electron chi connectivity index (χ1n) is 10.1. The Morgan fingerprint density at radius 3 is 2.68 bits per heavy atom. The molecule has 1 aromatic heterocycles. The number of benzene rings is 1. The van der Waals surface area contributed by atoms with Crippen LogP contribution in [0, 0.1) is 18.3 Å². The molecule has 0 saturated carbocycles. The van der Waals surface area contributed by atoms with Crippen LogP contribution in [-0.4, -0.2) is 31.5 Å². The lowest BCUT2D eigenvalue weighted by atomic mass is 9.84. The van der Waals surface area contributed by atoms with Crippen LogP contribution in [0.4, 0.5) is 0 Å². The minimum absolute atomic E-state index is 0.00506. The zero-order chi connectivity index (χ0) is 22.1. The van der Waals surface area contributed by atoms with E-state index in [4.69, 9.17) is 24.7 Å². The molecule has 0 spiro atoms. The minimum Gasteiger partial charge on any atom is -0.493 e. The Kier molecular flexibility index (Phi) is 5.61. The molecule has 162 valence electrons. The summed E-state index contributed by atoms with van der Waals surface area (Å²) in [6, 6.07) is 9.22. The highest BCUT2D eigenvalue weighted by Crippen LogP contribution is 2.42. The molecule has 3 heterocycles. The molecule has 2 aliphatic heterocycles. The van der Waals surface area contributed by atoms with Crippen LogP contribution in [0.1, 0.15) is 35.6 Å². The van der Waals surface area contributed by atoms with Crippen molar-refractivity contribution < 1.29 is 18.9 Å². The van der Waals surface area contributed by atoms with Gasteiger partial charge in [0.05, 0.1) is 38.3 Å². The van der Waals surface area contributed by atoms with E-state index in [2.05, 4.69) is 6.07 Å². The first-order chi connectivity index (χ1) is 15.0. The monoisotopic (exact) mass is 423 g/mol. The maximum Gasteiger partial charge on any atom is 0.258 e. The van der Waals surface area contributed by atoms with Gasteiger partial charge in [-0.05, 0) is 37.5 Å². The van der Waals surface area contributed by atoms with E-state index in [-0.39, 0.29) is 23.1 Å². The second-order valence-corrected chi connectivity index (χ2v) is 7.65. The number of nitrogens with zero attached hydrogens (tertiary/aromatic N) is 2. The first-order valence-corrected chi connectivity index (χ1v) is 10.1. The molecule has 2 atom stereocenters. The van der Waals surface area contributed by atoms with Crippen molar-refractivity contribution in [1.82, 2.24) is 4.57 Å². The largest absolute Gasteiger partial charge is 0.493 e. The molecule has 2 N–H and O–H groups in total. The maximum absolute atomic E-state index is 13.7. The molecule has 0 bridgehead atoms. The summed E-state index contributed by atoms with van der Waals surface area (Å²) in [7, 11) is 3.08. The van der Waals surface area contributed by atoms with Crippen molar-refractivity contribution in [3.63, 3.8) is 0 Å². The molecule has 0 amide bonds. The summed E-state index contributed by atoms with van der Waals surface area (Å²) >= 11 is 0. The lowest BCUT2D eigenvalue weighted by Gasteiger charge is -2.28. The van der Waals surface area contributed by atoms with Crippen molar-refractivity contribution in [2.24, 2.45) is 5.73 Å². The number of allylic oxidation sites excluding steroid dienone is 1. The standard InChI is InChI=1S/C23H25N3O5/c1-13-9-19-21(23(27)26(13)12-15-5-4-8-30-15)20(16(11-24)22(25)31-19)14-6-7-17(28-2)18(10-14)29-3/h6-7,9-10,15,20H,4-5,8,12,25H2,1-3H3/t15-,20-/m0/s1. The van der Waals surface area contributed by atoms with E-state index < -0.39 is 5.92 Å². The first kappa shape index (κ1) is 20.8. The van der Waals surface area contributed by atoms with Crippen molar-refractivity contribution in [2.75, 3.05) is 20.8 Å². The van der Waals surface area contributed by atoms with Crippen LogP contribution in [0.15, 0.2) is 40.5 Å². The number of ether oxygens (including phenoxy) is 4. The Bertz CT molecular complexity index is 1140. The van der Waals surface area contributed by atoms with Crippen molar-refractivity contribution in [3.05, 3.63) is 62.9 Å². The SMILES string of the molecule is COc1ccc([C@H]2C(C#N)=C(N)Oc3cc(C)n(C[C@@H]4CCCO4)c(=O)c32)cc1OC. The van der Waals surface area contributed by atoms with Gasteiger partial charge in [-0.3, -0.25) is 4.79 Å². The number of aryl methyl sites for hydroxylation is 1. The quantitative estimate of drug-likeness (QED) is 0.787. The van der Waals surface area contributed by atoms with Crippen LogP contribution >= 0.6 is 0 Å². The van der Waals surface area contributed by atoms with Crippen LogP contribution in [0.2, 0.25) is 0 Å². The summed E-state index contributed by atoms with van der Waals surface area (Å²) in [4.78, 5) is 13.7. The van der Waals surface area contributed by atoms with Crippen molar-refractivity contribution >= 4 is 0 Å². The van der Waals surface area contributed by atoms with Crippen LogP contribution in [0.5, 0.6) is 17.2 Å². The summed E-state index contributed by atoms with van der Waals surface area (Å²) in [5, 5.41) is 9.84. The average Bonchev–Trinajstić information content (AvgIpc) is 3.28. The summed E-state index contributed by atoms with van der Waals surface area (Å²) in [6.07, 6.45) is 1.89. The molecular formula is C23H25N3O5. The maximum atomic E-state index is 13.7. The molecule has 1 fully saturated rings. The van der Waals surface area contributed by atoms with Crippen LogP contribution in [-0.2, 0) is 11.3 Å². The molecule has 0 unspecified atom stereocenters. The molecule has 2 aromatic rings. The van der Waals surface area contributed by atoms with Gasteiger partial charge in [0.25, 0.3) is 5.56 Å². The third-order valence-electron chi connectivity index (χ3n) is 5.84. The van der Waals surface area contributed by atoms with Crippen molar-refractivity contribution in [3.8, 4) is 23.3 Å². The third kappa shape index (κ3) is 3.62. The number of hydrogen-bond acceptors (Lipinski definition) is 7. The number of aromatic nitrogens is 1. The van der Waals surface area contributed by atoms with Gasteiger partial charge >= 0.3 is 0 Å². The summed E-state index contributed by atoms with van der Waals surface area (Å²) in [6.45, 7) is 3.02. The highest BCUT2D eigenvalue weighted by Gasteiger charge is 2.35. The van der Waals surface area contributed by atoms with Crippen molar-refractivity contribution in [2.45, 2.75) is 38.3 Å². The van der Waals surface area contributed by atoms with Crippen LogP contribution in [0.25, 0.3) is 0 Å². The third-order valence-corrected chi connectivity index (χ3v) is 5.84. The fourth-order valence-corrected chi connectivity index (χ4v) is 4.27. The van der Waals surface area contributed by atoms with Gasteiger partial charge in [-0.25, -0.2) is 0 Å². The fraction of sp³-hybridized carbons (Fsp3) is 0.391. The molecule has 1 aromatic carbocycles. The predicted molar refractivity (Wildman–Crippen MR) is 113 cm³/mol. The molecule has 4 rings (SSSR count). The van der Waals surface area contributed by atoms with Crippen molar-refractivity contribution in [1.29, 1.82) is 5.26 Å². The Balaban J connectivity index is 1.90. The molecule has 0 aliphatic carbocycles. The van der Waals surface area contributed by atoms with Gasteiger partial charge in [0.2, 0.25) is 5.88 Å². The Morgan fingerprint density at radius 2 is 2.03 bits per heavy atom. The molecule has 8 heteroatoms. The number of rotatable bonds is 5. The predicted octanol–water partition coefficient (Wildman–Crippen LogP) is 2.57. The topological polar surface area (TPSA) is 109 Å². The summed E-state index contributed by atoms with van der Waals surface area (Å²) in [5.74, 6) is 0.717. The van der Waals surface area contributed by atoms with Gasteiger partial charge < -0.3 is 29.2 Å². The van der Waals surface area contributed by atoms with E-state index in [1.807, 2.05) is 6.92 Å². The van der Waals surface area contributed by atoms with Gasteiger partial charge in [-0.15, -0.1) is 0 Å². The van der Waals surface area contributed by atoms with E-state index >= 15 is 0 Å². The number of nitriles is 1. The molecule has 8 nitrogen and oxygen atoms in total. The van der Waals surface area contributed by atoms with Gasteiger partial charge in [0.15, 0.2) is 11.5 Å². The van der Waals surface area contributed by atoms with E-state index in [1.54, 1.807) is 35.9 Å². The number of hydrogen-bond donors (Lipinski definition) is 1. The van der Waals surface area contributed by atoms with E-state index in [0.717, 1.165) is 18.5 Å². The van der Waals surface area contributed by atoms with Crippen LogP contribution < -0.4 is 25.5 Å². The van der Waals surface area contributed by atoms with E-state index in [9.17, 15) is 10.1 Å². The zero-order valence-corrected chi connectivity index (χ0v) is 17.8.